The molecule has 0 bridgehead atoms. The fourth-order valence-electron chi connectivity index (χ4n) is 1.25. The fourth-order valence-corrected chi connectivity index (χ4v) is 2.09. The molecule has 2 N–H and O–H groups in total. The Kier molecular flexibility index (Phi) is 5.15. The first kappa shape index (κ1) is 13.7. The van der Waals surface area contributed by atoms with E-state index in [-0.39, 0.29) is 17.7 Å². The van der Waals surface area contributed by atoms with E-state index in [9.17, 15) is 9.59 Å². The SMILES string of the molecule is Cc1ccsc1C(=O)NCCNC(=O)C(C)C. The lowest BCUT2D eigenvalue weighted by atomic mass is 10.2. The fraction of sp³-hybridized carbons (Fsp3) is 0.500. The number of rotatable bonds is 5. The number of aryl methyl sites for hydroxylation is 1. The van der Waals surface area contributed by atoms with Crippen molar-refractivity contribution >= 4 is 23.2 Å². The molecule has 17 heavy (non-hydrogen) atoms. The summed E-state index contributed by atoms with van der Waals surface area (Å²) < 4.78 is 0. The Labute approximate surface area is 105 Å². The first-order chi connectivity index (χ1) is 8.02. The molecule has 4 nitrogen and oxygen atoms in total. The normalized spacial score (nSPS) is 10.4. The van der Waals surface area contributed by atoms with Crippen LogP contribution >= 0.6 is 11.3 Å². The van der Waals surface area contributed by atoms with Crippen LogP contribution in [0.5, 0.6) is 0 Å². The summed E-state index contributed by atoms with van der Waals surface area (Å²) in [5, 5.41) is 7.42. The van der Waals surface area contributed by atoms with Gasteiger partial charge in [0.15, 0.2) is 0 Å². The summed E-state index contributed by atoms with van der Waals surface area (Å²) in [7, 11) is 0. The number of amides is 2. The van der Waals surface area contributed by atoms with E-state index in [0.29, 0.717) is 13.1 Å². The summed E-state index contributed by atoms with van der Waals surface area (Å²) in [5.74, 6) is -0.0897. The van der Waals surface area contributed by atoms with Crippen molar-refractivity contribution in [1.82, 2.24) is 10.6 Å². The number of thiophene rings is 1. The molecule has 2 amide bonds. The van der Waals surface area contributed by atoms with Crippen molar-refractivity contribution in [1.29, 1.82) is 0 Å². The van der Waals surface area contributed by atoms with Gasteiger partial charge in [-0.2, -0.15) is 0 Å². The van der Waals surface area contributed by atoms with Crippen LogP contribution in [0.15, 0.2) is 11.4 Å². The molecule has 0 saturated carbocycles. The van der Waals surface area contributed by atoms with Gasteiger partial charge in [0.25, 0.3) is 5.91 Å². The molecule has 0 spiro atoms. The van der Waals surface area contributed by atoms with Crippen LogP contribution in [-0.4, -0.2) is 24.9 Å². The van der Waals surface area contributed by atoms with Crippen LogP contribution in [0.25, 0.3) is 0 Å². The maximum absolute atomic E-state index is 11.7. The molecule has 0 fully saturated rings. The van der Waals surface area contributed by atoms with Gasteiger partial charge in [-0.15, -0.1) is 11.3 Å². The highest BCUT2D eigenvalue weighted by molar-refractivity contribution is 7.12. The van der Waals surface area contributed by atoms with E-state index >= 15 is 0 Å². The number of hydrogen-bond acceptors (Lipinski definition) is 3. The highest BCUT2D eigenvalue weighted by Gasteiger charge is 2.10. The molecule has 0 radical (unpaired) electrons. The standard InChI is InChI=1S/C12H18N2O2S/c1-8(2)11(15)13-5-6-14-12(16)10-9(3)4-7-17-10/h4,7-8H,5-6H2,1-3H3,(H,13,15)(H,14,16). The zero-order valence-electron chi connectivity index (χ0n) is 10.4. The molecule has 0 saturated heterocycles. The molecule has 0 aliphatic carbocycles. The molecule has 94 valence electrons. The number of carbonyl (C=O) groups is 2. The van der Waals surface area contributed by atoms with Gasteiger partial charge in [0, 0.05) is 19.0 Å². The lowest BCUT2D eigenvalue weighted by Gasteiger charge is -2.08. The summed E-state index contributed by atoms with van der Waals surface area (Å²) in [6, 6.07) is 1.92. The monoisotopic (exact) mass is 254 g/mol. The smallest absolute Gasteiger partial charge is 0.261 e. The van der Waals surface area contributed by atoms with E-state index in [1.54, 1.807) is 0 Å². The maximum Gasteiger partial charge on any atom is 0.261 e. The first-order valence-corrected chi connectivity index (χ1v) is 6.50. The molecule has 0 unspecified atom stereocenters. The van der Waals surface area contributed by atoms with Gasteiger partial charge in [-0.25, -0.2) is 0 Å². The van der Waals surface area contributed by atoms with Crippen LogP contribution in [0.1, 0.15) is 29.1 Å². The average molecular weight is 254 g/mol. The van der Waals surface area contributed by atoms with Crippen molar-refractivity contribution in [3.05, 3.63) is 21.9 Å². The Hall–Kier alpha value is -1.36. The van der Waals surface area contributed by atoms with Crippen LogP contribution in [0, 0.1) is 12.8 Å². The number of carbonyl (C=O) groups excluding carboxylic acids is 2. The molecular weight excluding hydrogens is 236 g/mol. The second-order valence-corrected chi connectivity index (χ2v) is 5.05. The predicted octanol–water partition coefficient (Wildman–Crippen LogP) is 1.56. The van der Waals surface area contributed by atoms with E-state index < -0.39 is 0 Å². The Morgan fingerprint density at radius 2 is 1.94 bits per heavy atom. The molecule has 1 aromatic rings. The molecule has 1 aromatic heterocycles. The van der Waals surface area contributed by atoms with Crippen LogP contribution < -0.4 is 10.6 Å². The van der Waals surface area contributed by atoms with Crippen molar-refractivity contribution in [2.75, 3.05) is 13.1 Å². The van der Waals surface area contributed by atoms with Crippen molar-refractivity contribution in [3.8, 4) is 0 Å². The van der Waals surface area contributed by atoms with Crippen molar-refractivity contribution in [2.24, 2.45) is 5.92 Å². The maximum atomic E-state index is 11.7. The van der Waals surface area contributed by atoms with Gasteiger partial charge in [0.2, 0.25) is 5.91 Å². The summed E-state index contributed by atoms with van der Waals surface area (Å²) in [5.41, 5.74) is 0.985. The van der Waals surface area contributed by atoms with Crippen molar-refractivity contribution < 1.29 is 9.59 Å². The summed E-state index contributed by atoms with van der Waals surface area (Å²) in [6.07, 6.45) is 0. The molecule has 5 heteroatoms. The lowest BCUT2D eigenvalue weighted by molar-refractivity contribution is -0.123. The van der Waals surface area contributed by atoms with Crippen LogP contribution in [-0.2, 0) is 4.79 Å². The quantitative estimate of drug-likeness (QED) is 0.783. The zero-order valence-corrected chi connectivity index (χ0v) is 11.2. The third kappa shape index (κ3) is 4.19. The lowest BCUT2D eigenvalue weighted by Crippen LogP contribution is -2.36. The Morgan fingerprint density at radius 3 is 2.47 bits per heavy atom. The van der Waals surface area contributed by atoms with E-state index in [1.165, 1.54) is 11.3 Å². The third-order valence-corrected chi connectivity index (χ3v) is 3.32. The molecular formula is C12H18N2O2S. The van der Waals surface area contributed by atoms with Gasteiger partial charge in [-0.3, -0.25) is 9.59 Å². The van der Waals surface area contributed by atoms with Gasteiger partial charge >= 0.3 is 0 Å². The minimum Gasteiger partial charge on any atom is -0.354 e. The van der Waals surface area contributed by atoms with Crippen LogP contribution in [0.4, 0.5) is 0 Å². The molecule has 0 atom stereocenters. The number of nitrogens with one attached hydrogen (secondary N) is 2. The van der Waals surface area contributed by atoms with Crippen LogP contribution in [0.3, 0.4) is 0 Å². The number of hydrogen-bond donors (Lipinski definition) is 2. The van der Waals surface area contributed by atoms with Crippen molar-refractivity contribution in [3.63, 3.8) is 0 Å². The first-order valence-electron chi connectivity index (χ1n) is 5.62. The molecule has 0 aliphatic rings. The van der Waals surface area contributed by atoms with E-state index in [1.807, 2.05) is 32.2 Å². The van der Waals surface area contributed by atoms with Gasteiger partial charge in [0.1, 0.15) is 0 Å². The molecule has 0 aromatic carbocycles. The minimum absolute atomic E-state index is 0.00607. The Balaban J connectivity index is 2.26. The topological polar surface area (TPSA) is 58.2 Å². The largest absolute Gasteiger partial charge is 0.354 e. The summed E-state index contributed by atoms with van der Waals surface area (Å²) >= 11 is 1.43. The van der Waals surface area contributed by atoms with E-state index in [4.69, 9.17) is 0 Å². The summed E-state index contributed by atoms with van der Waals surface area (Å²) in [6.45, 7) is 6.50. The Bertz CT molecular complexity index is 399. The zero-order chi connectivity index (χ0) is 12.8. The highest BCUT2D eigenvalue weighted by atomic mass is 32.1. The molecule has 0 aliphatic heterocycles. The van der Waals surface area contributed by atoms with Gasteiger partial charge in [0.05, 0.1) is 4.88 Å². The average Bonchev–Trinajstić information content (AvgIpc) is 2.70. The van der Waals surface area contributed by atoms with E-state index in [2.05, 4.69) is 10.6 Å². The third-order valence-electron chi connectivity index (χ3n) is 2.30. The van der Waals surface area contributed by atoms with Crippen molar-refractivity contribution in [2.45, 2.75) is 20.8 Å². The highest BCUT2D eigenvalue weighted by Crippen LogP contribution is 2.14. The molecule has 1 rings (SSSR count). The second kappa shape index (κ2) is 6.39. The predicted molar refractivity (Wildman–Crippen MR) is 69.2 cm³/mol. The van der Waals surface area contributed by atoms with Gasteiger partial charge in [-0.05, 0) is 23.9 Å². The molecule has 1 heterocycles. The Morgan fingerprint density at radius 1 is 1.29 bits per heavy atom. The van der Waals surface area contributed by atoms with Gasteiger partial charge in [-0.1, -0.05) is 13.8 Å². The van der Waals surface area contributed by atoms with Gasteiger partial charge < -0.3 is 10.6 Å². The van der Waals surface area contributed by atoms with Crippen LogP contribution in [0.2, 0.25) is 0 Å². The second-order valence-electron chi connectivity index (χ2n) is 4.13. The summed E-state index contributed by atoms with van der Waals surface area (Å²) in [4.78, 5) is 23.7. The van der Waals surface area contributed by atoms with E-state index in [0.717, 1.165) is 10.4 Å². The minimum atomic E-state index is -0.0729.